The van der Waals surface area contributed by atoms with Gasteiger partial charge in [0.2, 0.25) is 0 Å². The van der Waals surface area contributed by atoms with E-state index in [4.69, 9.17) is 4.42 Å². The summed E-state index contributed by atoms with van der Waals surface area (Å²) >= 11 is 0. The Kier molecular flexibility index (Phi) is 8.11. The van der Waals surface area contributed by atoms with E-state index in [1.54, 1.807) is 42.5 Å². The van der Waals surface area contributed by atoms with E-state index < -0.39 is 28.8 Å². The molecule has 0 saturated carbocycles. The summed E-state index contributed by atoms with van der Waals surface area (Å²) in [5, 5.41) is 11.8. The quantitative estimate of drug-likeness (QED) is 0.305. The van der Waals surface area contributed by atoms with Crippen molar-refractivity contribution in [2.75, 3.05) is 0 Å². The van der Waals surface area contributed by atoms with Gasteiger partial charge in [-0.25, -0.2) is 0 Å². The zero-order chi connectivity index (χ0) is 21.9. The van der Waals surface area contributed by atoms with Gasteiger partial charge >= 0.3 is 6.18 Å². The van der Waals surface area contributed by atoms with Gasteiger partial charge in [0.15, 0.2) is 0 Å². The molecule has 2 heterocycles. The number of para-hydroxylation sites is 2. The molecule has 3 aromatic carbocycles. The molecule has 2 aromatic heterocycles. The maximum Gasteiger partial charge on any atom is 0.455 e. The van der Waals surface area contributed by atoms with Crippen LogP contribution >= 0.6 is 0 Å². The predicted molar refractivity (Wildman–Crippen MR) is 116 cm³/mol. The fraction of sp³-hybridized carbons (Fsp3) is 0.0435. The topological polar surface area (TPSA) is 135 Å². The molecule has 5 N–H and O–H groups in total. The van der Waals surface area contributed by atoms with E-state index in [0.29, 0.717) is 21.9 Å². The maximum atomic E-state index is 13.2. The molecule has 0 spiro atoms. The normalized spacial score (nSPS) is 11.0. The van der Waals surface area contributed by atoms with Crippen LogP contribution in [-0.4, -0.2) is 32.6 Å². The van der Waals surface area contributed by atoms with E-state index in [2.05, 4.69) is 0 Å². The number of alkyl halides is 3. The summed E-state index contributed by atoms with van der Waals surface area (Å²) in [5.74, 6) is -3.42. The van der Waals surface area contributed by atoms with Gasteiger partial charge in [-0.15, -0.1) is 0 Å². The molecule has 0 atom stereocenters. The summed E-state index contributed by atoms with van der Waals surface area (Å²) < 4.78 is 46.4. The summed E-state index contributed by atoms with van der Waals surface area (Å²) in [6.45, 7) is 0. The minimum atomic E-state index is -5.33. The van der Waals surface area contributed by atoms with E-state index in [1.165, 1.54) is 24.3 Å². The van der Waals surface area contributed by atoms with Crippen molar-refractivity contribution >= 4 is 38.6 Å². The van der Waals surface area contributed by atoms with E-state index in [1.807, 2.05) is 0 Å². The zero-order valence-corrected chi connectivity index (χ0v) is 19.4. The number of carbonyl (C=O) groups is 1. The van der Waals surface area contributed by atoms with Crippen LogP contribution in [0.3, 0.4) is 0 Å². The van der Waals surface area contributed by atoms with Crippen molar-refractivity contribution in [1.82, 2.24) is 4.57 Å². The summed E-state index contributed by atoms with van der Waals surface area (Å²) in [4.78, 5) is 25.1. The van der Waals surface area contributed by atoms with Gasteiger partial charge in [-0.05, 0) is 24.3 Å². The Bertz CT molecular complexity index is 1580. The first kappa shape index (κ1) is 27.7. The second kappa shape index (κ2) is 9.97. The number of hydrogen-bond acceptors (Lipinski definition) is 4. The van der Waals surface area contributed by atoms with Crippen LogP contribution in [0.4, 0.5) is 13.2 Å². The minimum absolute atomic E-state index is 0. The number of Topliss-reactive ketones (excluding diaryl/α,β-unsaturated/α-hetero) is 1. The predicted octanol–water partition coefficient (Wildman–Crippen LogP) is 3.69. The molecular weight excluding hydrogens is 595 g/mol. The molecule has 0 aliphatic carbocycles. The second-order valence-electron chi connectivity index (χ2n) is 6.99. The van der Waals surface area contributed by atoms with Gasteiger partial charge in [0, 0.05) is 77.3 Å². The van der Waals surface area contributed by atoms with E-state index >= 15 is 0 Å². The molecule has 5 aromatic rings. The number of aromatic nitrogens is 1. The molecule has 34 heavy (non-hydrogen) atoms. The van der Waals surface area contributed by atoms with Crippen LogP contribution in [0.25, 0.3) is 38.5 Å². The largest absolute Gasteiger partial charge is 0.506 e. The molecule has 0 fully saturated rings. The number of furan rings is 1. The van der Waals surface area contributed by atoms with Crippen molar-refractivity contribution in [1.29, 1.82) is 0 Å². The monoisotopic (exact) mass is 612 g/mol. The fourth-order valence-electron chi connectivity index (χ4n) is 3.77. The van der Waals surface area contributed by atoms with Gasteiger partial charge in [-0.2, -0.15) is 13.2 Å². The smallest absolute Gasteiger partial charge is 0.455 e. The Morgan fingerprint density at radius 3 is 2.12 bits per heavy atom. The van der Waals surface area contributed by atoms with Gasteiger partial charge in [-0.1, -0.05) is 36.4 Å². The zero-order valence-electron chi connectivity index (χ0n) is 17.0. The van der Waals surface area contributed by atoms with Crippen LogP contribution in [0, 0.1) is 49.4 Å². The minimum Gasteiger partial charge on any atom is -0.506 e. The van der Waals surface area contributed by atoms with Crippen LogP contribution in [0.15, 0.2) is 75.9 Å². The van der Waals surface area contributed by atoms with Crippen molar-refractivity contribution in [3.63, 3.8) is 0 Å². The van der Waals surface area contributed by atoms with E-state index in [9.17, 15) is 27.9 Å². The van der Waals surface area contributed by atoms with Crippen LogP contribution in [0.5, 0.6) is 5.75 Å². The Hall–Kier alpha value is -2.57. The molecular formula is C23H16EuF3NO6. The number of halogens is 3. The third-order valence-corrected chi connectivity index (χ3v) is 5.14. The number of pyridine rings is 1. The molecule has 5 rings (SSSR count). The third kappa shape index (κ3) is 4.30. The average Bonchev–Trinajstić information content (AvgIpc) is 3.10. The molecule has 7 nitrogen and oxygen atoms in total. The Labute approximate surface area is 229 Å². The van der Waals surface area contributed by atoms with E-state index in [0.717, 1.165) is 4.57 Å². The number of benzene rings is 3. The molecule has 0 aliphatic heterocycles. The fourth-order valence-corrected chi connectivity index (χ4v) is 3.77. The average molecular weight is 611 g/mol. The molecule has 0 bridgehead atoms. The number of rotatable bonds is 2. The van der Waals surface area contributed by atoms with Crippen molar-refractivity contribution in [3.05, 3.63) is 82.6 Å². The summed E-state index contributed by atoms with van der Waals surface area (Å²) in [6, 6.07) is 17.8. The Balaban J connectivity index is 0.00000136. The van der Waals surface area contributed by atoms with Crippen LogP contribution < -0.4 is 5.56 Å². The number of carbonyl (C=O) groups excluding carboxylic acids is 1. The van der Waals surface area contributed by atoms with Crippen LogP contribution in [0.2, 0.25) is 0 Å². The summed E-state index contributed by atoms with van der Waals surface area (Å²) in [5.41, 5.74) is -1.33. The summed E-state index contributed by atoms with van der Waals surface area (Å²) in [7, 11) is 0. The molecule has 0 unspecified atom stereocenters. The number of ketones is 1. The SMILES string of the molecule is O.O.O=C(c1c(O)c2cc3c(cc2n(-c2ccccc2)c1=O)oc1ccccc13)C(F)(F)F.[Eu]. The molecule has 177 valence electrons. The molecule has 0 saturated heterocycles. The first-order chi connectivity index (χ1) is 14.8. The maximum absolute atomic E-state index is 13.2. The molecule has 1 radical (unpaired) electrons. The van der Waals surface area contributed by atoms with Crippen molar-refractivity contribution in [3.8, 4) is 11.4 Å². The van der Waals surface area contributed by atoms with E-state index in [-0.39, 0.29) is 76.9 Å². The number of nitrogens with zero attached hydrogens (tertiary/aromatic N) is 1. The first-order valence-corrected chi connectivity index (χ1v) is 9.17. The standard InChI is InChI=1S/C23H12F3NO4.Eu.2H2O/c24-23(25,26)21(29)19-20(28)15-10-14-13-8-4-5-9-17(13)31-18(14)11-16(15)27(22(19)30)12-6-2-1-3-7-12;;;/h1-11,28H;;2*1H2. The van der Waals surface area contributed by atoms with Crippen molar-refractivity contribution in [2.24, 2.45) is 0 Å². The van der Waals surface area contributed by atoms with Gasteiger partial charge in [-0.3, -0.25) is 14.2 Å². The number of hydrogen-bond donors (Lipinski definition) is 1. The molecule has 11 heteroatoms. The van der Waals surface area contributed by atoms with Crippen LogP contribution in [0.1, 0.15) is 10.4 Å². The van der Waals surface area contributed by atoms with Gasteiger partial charge in [0.25, 0.3) is 11.3 Å². The molecule has 0 amide bonds. The number of fused-ring (bicyclic) bond motifs is 4. The van der Waals surface area contributed by atoms with Gasteiger partial charge < -0.3 is 20.5 Å². The van der Waals surface area contributed by atoms with Gasteiger partial charge in [0.05, 0.1) is 5.52 Å². The first-order valence-electron chi connectivity index (χ1n) is 9.17. The Morgan fingerprint density at radius 1 is 0.853 bits per heavy atom. The van der Waals surface area contributed by atoms with Crippen LogP contribution in [-0.2, 0) is 0 Å². The Morgan fingerprint density at radius 2 is 1.47 bits per heavy atom. The van der Waals surface area contributed by atoms with Crippen molar-refractivity contribution in [2.45, 2.75) is 6.18 Å². The van der Waals surface area contributed by atoms with Gasteiger partial charge in [0.1, 0.15) is 22.5 Å². The number of aromatic hydroxyl groups is 1. The molecule has 0 aliphatic rings. The third-order valence-electron chi connectivity index (χ3n) is 5.14. The van der Waals surface area contributed by atoms with Crippen molar-refractivity contribution < 1.29 is 87.8 Å². The summed E-state index contributed by atoms with van der Waals surface area (Å²) in [6.07, 6.45) is -5.33. The second-order valence-corrected chi connectivity index (χ2v) is 6.99.